The Kier molecular flexibility index (Phi) is 6.09. The van der Waals surface area contributed by atoms with Gasteiger partial charge in [-0.2, -0.15) is 0 Å². The molecule has 3 amide bonds. The number of nitrogens with zero attached hydrogens (tertiary/aromatic N) is 1. The minimum absolute atomic E-state index is 0.0221. The van der Waals surface area contributed by atoms with Gasteiger partial charge in [-0.15, -0.1) is 0 Å². The predicted octanol–water partition coefficient (Wildman–Crippen LogP) is 0.940. The molecule has 9 heteroatoms. The largest absolute Gasteiger partial charge is 0.353 e. The van der Waals surface area contributed by atoms with Crippen molar-refractivity contribution in [2.75, 3.05) is 19.6 Å². The van der Waals surface area contributed by atoms with Crippen molar-refractivity contribution in [3.8, 4) is 0 Å². The number of hydrogen-bond acceptors (Lipinski definition) is 5. The van der Waals surface area contributed by atoms with Crippen LogP contribution < -0.4 is 10.0 Å². The number of nitrogens with one attached hydrogen (secondary N) is 2. The van der Waals surface area contributed by atoms with Gasteiger partial charge < -0.3 is 5.32 Å². The fraction of sp³-hybridized carbons (Fsp3) is 0.250. The number of aryl methyl sites for hydroxylation is 1. The summed E-state index contributed by atoms with van der Waals surface area (Å²) in [6.45, 7) is 1.56. The monoisotopic (exact) mass is 415 g/mol. The topological polar surface area (TPSA) is 113 Å². The fourth-order valence-electron chi connectivity index (χ4n) is 2.96. The first-order chi connectivity index (χ1) is 13.8. The second-order valence-corrected chi connectivity index (χ2v) is 8.25. The van der Waals surface area contributed by atoms with Crippen LogP contribution in [0.4, 0.5) is 0 Å². The van der Waals surface area contributed by atoms with E-state index in [9.17, 15) is 22.8 Å². The standard InChI is InChI=1S/C20H21N3O5S/c1-2-14-7-9-15(10-8-14)29(27,28)22-12-11-21-18(24)13-23-19(25)16-5-3-4-6-17(16)20(23)26/h3-10,22H,2,11-13H2,1H3,(H,21,24). The first-order valence-corrected chi connectivity index (χ1v) is 10.6. The molecular formula is C20H21N3O5S. The summed E-state index contributed by atoms with van der Waals surface area (Å²) in [6, 6.07) is 12.9. The highest BCUT2D eigenvalue weighted by Gasteiger charge is 2.36. The average Bonchev–Trinajstić information content (AvgIpc) is 2.96. The zero-order chi connectivity index (χ0) is 21.0. The fourth-order valence-corrected chi connectivity index (χ4v) is 3.99. The van der Waals surface area contributed by atoms with Gasteiger partial charge in [-0.25, -0.2) is 13.1 Å². The maximum Gasteiger partial charge on any atom is 0.262 e. The first kappa shape index (κ1) is 20.7. The summed E-state index contributed by atoms with van der Waals surface area (Å²) in [5, 5.41) is 2.51. The van der Waals surface area contributed by atoms with Gasteiger partial charge in [0.25, 0.3) is 11.8 Å². The SMILES string of the molecule is CCc1ccc(S(=O)(=O)NCCNC(=O)CN2C(=O)c3ccccc3C2=O)cc1. The van der Waals surface area contributed by atoms with Crippen molar-refractivity contribution in [3.63, 3.8) is 0 Å². The molecule has 8 nitrogen and oxygen atoms in total. The van der Waals surface area contributed by atoms with Crippen molar-refractivity contribution in [3.05, 3.63) is 65.2 Å². The number of amides is 3. The molecule has 0 bridgehead atoms. The number of imide groups is 1. The predicted molar refractivity (Wildman–Crippen MR) is 106 cm³/mol. The van der Waals surface area contributed by atoms with Gasteiger partial charge in [-0.1, -0.05) is 31.2 Å². The van der Waals surface area contributed by atoms with Crippen LogP contribution in [-0.2, 0) is 21.2 Å². The van der Waals surface area contributed by atoms with E-state index in [4.69, 9.17) is 0 Å². The molecule has 0 fully saturated rings. The molecule has 2 aromatic rings. The van der Waals surface area contributed by atoms with Gasteiger partial charge in [0.05, 0.1) is 16.0 Å². The Labute approximate surface area is 169 Å². The average molecular weight is 415 g/mol. The van der Waals surface area contributed by atoms with Crippen LogP contribution in [-0.4, -0.2) is 50.7 Å². The summed E-state index contributed by atoms with van der Waals surface area (Å²) in [7, 11) is -3.68. The molecule has 0 radical (unpaired) electrons. The molecule has 2 N–H and O–H groups in total. The first-order valence-electron chi connectivity index (χ1n) is 9.14. The number of carbonyl (C=O) groups is 3. The summed E-state index contributed by atoms with van der Waals surface area (Å²) >= 11 is 0. The Morgan fingerprint density at radius 2 is 1.52 bits per heavy atom. The Bertz CT molecular complexity index is 1010. The van der Waals surface area contributed by atoms with Crippen LogP contribution in [0.1, 0.15) is 33.2 Å². The summed E-state index contributed by atoms with van der Waals surface area (Å²) in [5.74, 6) is -1.58. The van der Waals surface area contributed by atoms with Crippen LogP contribution in [0.2, 0.25) is 0 Å². The van der Waals surface area contributed by atoms with Crippen LogP contribution in [0.25, 0.3) is 0 Å². The third-order valence-corrected chi connectivity index (χ3v) is 6.04. The number of fused-ring (bicyclic) bond motifs is 1. The van der Waals surface area contributed by atoms with E-state index in [-0.39, 0.29) is 29.1 Å². The van der Waals surface area contributed by atoms with E-state index in [1.54, 1.807) is 24.3 Å². The highest BCUT2D eigenvalue weighted by molar-refractivity contribution is 7.89. The van der Waals surface area contributed by atoms with Crippen LogP contribution in [0.3, 0.4) is 0 Å². The van der Waals surface area contributed by atoms with E-state index in [2.05, 4.69) is 10.0 Å². The van der Waals surface area contributed by atoms with Crippen molar-refractivity contribution in [2.24, 2.45) is 0 Å². The molecule has 2 aromatic carbocycles. The number of rotatable bonds is 8. The van der Waals surface area contributed by atoms with Crippen LogP contribution in [0.15, 0.2) is 53.4 Å². The Morgan fingerprint density at radius 1 is 0.931 bits per heavy atom. The maximum absolute atomic E-state index is 12.2. The zero-order valence-electron chi connectivity index (χ0n) is 15.8. The Balaban J connectivity index is 1.48. The zero-order valence-corrected chi connectivity index (χ0v) is 16.7. The van der Waals surface area contributed by atoms with Crippen LogP contribution in [0.5, 0.6) is 0 Å². The number of benzene rings is 2. The quantitative estimate of drug-likeness (QED) is 0.492. The molecular weight excluding hydrogens is 394 g/mol. The lowest BCUT2D eigenvalue weighted by molar-refractivity contribution is -0.121. The molecule has 0 atom stereocenters. The third kappa shape index (κ3) is 4.52. The van der Waals surface area contributed by atoms with Gasteiger partial charge in [-0.3, -0.25) is 19.3 Å². The molecule has 1 aliphatic heterocycles. The van der Waals surface area contributed by atoms with Gasteiger partial charge in [0.15, 0.2) is 0 Å². The smallest absolute Gasteiger partial charge is 0.262 e. The van der Waals surface area contributed by atoms with Gasteiger partial charge >= 0.3 is 0 Å². The molecule has 0 spiro atoms. The third-order valence-electron chi connectivity index (χ3n) is 4.56. The lowest BCUT2D eigenvalue weighted by Crippen LogP contribution is -2.42. The van der Waals surface area contributed by atoms with Crippen molar-refractivity contribution in [1.29, 1.82) is 0 Å². The van der Waals surface area contributed by atoms with Gasteiger partial charge in [0.1, 0.15) is 6.54 Å². The Hall–Kier alpha value is -3.04. The van der Waals surface area contributed by atoms with Crippen LogP contribution in [0, 0.1) is 0 Å². The highest BCUT2D eigenvalue weighted by atomic mass is 32.2. The number of hydrogen-bond donors (Lipinski definition) is 2. The minimum atomic E-state index is -3.68. The molecule has 152 valence electrons. The van der Waals surface area contributed by atoms with E-state index < -0.39 is 34.3 Å². The van der Waals surface area contributed by atoms with E-state index in [0.29, 0.717) is 0 Å². The second-order valence-electron chi connectivity index (χ2n) is 6.49. The molecule has 0 saturated carbocycles. The molecule has 29 heavy (non-hydrogen) atoms. The molecule has 0 saturated heterocycles. The van der Waals surface area contributed by atoms with E-state index in [1.807, 2.05) is 6.92 Å². The van der Waals surface area contributed by atoms with Crippen molar-refractivity contribution in [1.82, 2.24) is 14.9 Å². The number of sulfonamides is 1. The van der Waals surface area contributed by atoms with Crippen molar-refractivity contribution < 1.29 is 22.8 Å². The Morgan fingerprint density at radius 3 is 2.07 bits per heavy atom. The second kappa shape index (κ2) is 8.54. The van der Waals surface area contributed by atoms with Crippen molar-refractivity contribution in [2.45, 2.75) is 18.2 Å². The highest BCUT2D eigenvalue weighted by Crippen LogP contribution is 2.21. The molecule has 0 aliphatic carbocycles. The minimum Gasteiger partial charge on any atom is -0.353 e. The molecule has 0 unspecified atom stereocenters. The van der Waals surface area contributed by atoms with Gasteiger partial charge in [0, 0.05) is 13.1 Å². The maximum atomic E-state index is 12.2. The summed E-state index contributed by atoms with van der Waals surface area (Å²) in [6.07, 6.45) is 0.812. The summed E-state index contributed by atoms with van der Waals surface area (Å²) in [4.78, 5) is 37.6. The van der Waals surface area contributed by atoms with Gasteiger partial charge in [0.2, 0.25) is 15.9 Å². The lowest BCUT2D eigenvalue weighted by atomic mass is 10.1. The normalized spacial score (nSPS) is 13.5. The van der Waals surface area contributed by atoms with Crippen LogP contribution >= 0.6 is 0 Å². The van der Waals surface area contributed by atoms with Gasteiger partial charge in [-0.05, 0) is 36.2 Å². The molecule has 0 aromatic heterocycles. The molecule has 3 rings (SSSR count). The summed E-state index contributed by atoms with van der Waals surface area (Å²) < 4.78 is 26.9. The summed E-state index contributed by atoms with van der Waals surface area (Å²) in [5.41, 5.74) is 1.57. The molecule has 1 heterocycles. The van der Waals surface area contributed by atoms with E-state index >= 15 is 0 Å². The van der Waals surface area contributed by atoms with Crippen molar-refractivity contribution >= 4 is 27.7 Å². The molecule has 1 aliphatic rings. The number of carbonyl (C=O) groups excluding carboxylic acids is 3. The van der Waals surface area contributed by atoms with E-state index in [0.717, 1.165) is 16.9 Å². The lowest BCUT2D eigenvalue weighted by Gasteiger charge is -2.14. The van der Waals surface area contributed by atoms with E-state index in [1.165, 1.54) is 24.3 Å².